The number of hydrogen-bond donors (Lipinski definition) is 2. The SMILES string of the molecule is CC(=O)c1c(Nc2ccc(C)cc2C)oc(C=C2C=Nc3ncccc32)c1O. The number of carbonyl (C=O) groups is 1. The van der Waals surface area contributed by atoms with E-state index >= 15 is 0 Å². The van der Waals surface area contributed by atoms with Crippen molar-refractivity contribution >= 4 is 41.0 Å². The molecule has 6 nitrogen and oxygen atoms in total. The highest BCUT2D eigenvalue weighted by molar-refractivity contribution is 6.21. The molecule has 3 heterocycles. The predicted molar refractivity (Wildman–Crippen MR) is 110 cm³/mol. The number of anilines is 2. The third-order valence-corrected chi connectivity index (χ3v) is 4.60. The maximum absolute atomic E-state index is 12.1. The summed E-state index contributed by atoms with van der Waals surface area (Å²) in [5, 5.41) is 13.8. The van der Waals surface area contributed by atoms with E-state index in [0.717, 1.165) is 28.0 Å². The summed E-state index contributed by atoms with van der Waals surface area (Å²) in [6.07, 6.45) is 4.99. The number of pyridine rings is 1. The highest BCUT2D eigenvalue weighted by Gasteiger charge is 2.24. The number of benzene rings is 1. The van der Waals surface area contributed by atoms with Crippen LogP contribution in [0, 0.1) is 13.8 Å². The summed E-state index contributed by atoms with van der Waals surface area (Å²) in [4.78, 5) is 20.6. The Morgan fingerprint density at radius 3 is 2.82 bits per heavy atom. The number of aryl methyl sites for hydroxylation is 2. The molecule has 1 aliphatic rings. The quantitative estimate of drug-likeness (QED) is 0.614. The average molecular weight is 373 g/mol. The first kappa shape index (κ1) is 17.7. The van der Waals surface area contributed by atoms with E-state index in [1.807, 2.05) is 44.2 Å². The fourth-order valence-electron chi connectivity index (χ4n) is 3.21. The summed E-state index contributed by atoms with van der Waals surface area (Å²) in [7, 11) is 0. The van der Waals surface area contributed by atoms with Crippen molar-refractivity contribution in [2.45, 2.75) is 20.8 Å². The molecule has 6 heteroatoms. The van der Waals surface area contributed by atoms with Crippen LogP contribution in [-0.2, 0) is 0 Å². The molecule has 2 aromatic heterocycles. The van der Waals surface area contributed by atoms with E-state index in [-0.39, 0.29) is 28.7 Å². The molecule has 140 valence electrons. The van der Waals surface area contributed by atoms with Crippen LogP contribution >= 0.6 is 0 Å². The highest BCUT2D eigenvalue weighted by Crippen LogP contribution is 2.39. The summed E-state index contributed by atoms with van der Waals surface area (Å²) >= 11 is 0. The number of fused-ring (bicyclic) bond motifs is 1. The van der Waals surface area contributed by atoms with Gasteiger partial charge < -0.3 is 14.8 Å². The fraction of sp³-hybridized carbons (Fsp3) is 0.136. The minimum atomic E-state index is -0.291. The van der Waals surface area contributed by atoms with Gasteiger partial charge in [0.25, 0.3) is 0 Å². The molecule has 0 unspecified atom stereocenters. The molecule has 1 aliphatic heterocycles. The number of hydrogen-bond acceptors (Lipinski definition) is 6. The van der Waals surface area contributed by atoms with Gasteiger partial charge in [-0.2, -0.15) is 0 Å². The molecule has 0 amide bonds. The van der Waals surface area contributed by atoms with Crippen LogP contribution in [0.3, 0.4) is 0 Å². The first-order valence-corrected chi connectivity index (χ1v) is 8.86. The van der Waals surface area contributed by atoms with Crippen LogP contribution in [0.4, 0.5) is 17.4 Å². The molecule has 0 bridgehead atoms. The van der Waals surface area contributed by atoms with Gasteiger partial charge in [-0.05, 0) is 50.6 Å². The van der Waals surface area contributed by atoms with Crippen molar-refractivity contribution in [2.75, 3.05) is 5.32 Å². The second-order valence-corrected chi connectivity index (χ2v) is 6.75. The lowest BCUT2D eigenvalue weighted by molar-refractivity contribution is 0.101. The van der Waals surface area contributed by atoms with Crippen molar-refractivity contribution < 1.29 is 14.3 Å². The van der Waals surface area contributed by atoms with Crippen LogP contribution < -0.4 is 5.32 Å². The Hall–Kier alpha value is -3.67. The van der Waals surface area contributed by atoms with Crippen LogP contribution in [0.5, 0.6) is 5.75 Å². The third kappa shape index (κ3) is 3.09. The van der Waals surface area contributed by atoms with E-state index in [9.17, 15) is 9.90 Å². The zero-order valence-electron chi connectivity index (χ0n) is 15.8. The Balaban J connectivity index is 1.77. The van der Waals surface area contributed by atoms with Crippen molar-refractivity contribution in [3.8, 4) is 5.75 Å². The first-order chi connectivity index (χ1) is 13.4. The summed E-state index contributed by atoms with van der Waals surface area (Å²) in [6.45, 7) is 5.37. The second kappa shape index (κ2) is 6.81. The zero-order valence-corrected chi connectivity index (χ0v) is 15.8. The van der Waals surface area contributed by atoms with Crippen LogP contribution in [0.2, 0.25) is 0 Å². The lowest BCUT2D eigenvalue weighted by Crippen LogP contribution is -1.98. The summed E-state index contributed by atoms with van der Waals surface area (Å²) in [5.41, 5.74) is 4.65. The average Bonchev–Trinajstić information content (AvgIpc) is 3.19. The topological polar surface area (TPSA) is 87.7 Å². The number of carbonyl (C=O) groups excluding carboxylic acids is 1. The number of allylic oxidation sites excluding steroid dienone is 1. The summed E-state index contributed by atoms with van der Waals surface area (Å²) in [5.74, 6) is 0.527. The molecular formula is C22H19N3O3. The van der Waals surface area contributed by atoms with Crippen molar-refractivity contribution in [1.29, 1.82) is 0 Å². The Bertz CT molecular complexity index is 1160. The number of nitrogens with one attached hydrogen (secondary N) is 1. The van der Waals surface area contributed by atoms with Crippen LogP contribution in [-0.4, -0.2) is 22.1 Å². The first-order valence-electron chi connectivity index (χ1n) is 8.86. The minimum Gasteiger partial charge on any atom is -0.504 e. The van der Waals surface area contributed by atoms with Gasteiger partial charge in [-0.15, -0.1) is 0 Å². The van der Waals surface area contributed by atoms with Gasteiger partial charge in [-0.3, -0.25) is 4.79 Å². The molecule has 0 spiro atoms. The Kier molecular flexibility index (Phi) is 4.31. The Labute approximate surface area is 162 Å². The van der Waals surface area contributed by atoms with Gasteiger partial charge in [0, 0.05) is 29.2 Å². The number of nitrogens with zero attached hydrogens (tertiary/aromatic N) is 2. The molecule has 4 rings (SSSR count). The number of rotatable bonds is 4. The monoisotopic (exact) mass is 373 g/mol. The maximum Gasteiger partial charge on any atom is 0.212 e. The van der Waals surface area contributed by atoms with E-state index < -0.39 is 0 Å². The number of ketones is 1. The lowest BCUT2D eigenvalue weighted by Gasteiger charge is -2.08. The number of aromatic hydroxyl groups is 1. The molecular weight excluding hydrogens is 354 g/mol. The highest BCUT2D eigenvalue weighted by atomic mass is 16.4. The van der Waals surface area contributed by atoms with Gasteiger partial charge in [0.05, 0.1) is 0 Å². The number of Topliss-reactive ketones (excluding diaryl/α,β-unsaturated/α-hetero) is 1. The summed E-state index contributed by atoms with van der Waals surface area (Å²) in [6, 6.07) is 9.62. The molecule has 0 saturated heterocycles. The van der Waals surface area contributed by atoms with Gasteiger partial charge in [-0.1, -0.05) is 17.7 Å². The molecule has 0 aliphatic carbocycles. The number of aliphatic imine (C=N–C) groups is 1. The number of aromatic nitrogens is 1. The molecule has 0 saturated carbocycles. The zero-order chi connectivity index (χ0) is 19.8. The predicted octanol–water partition coefficient (Wildman–Crippen LogP) is 5.20. The van der Waals surface area contributed by atoms with Crippen molar-refractivity contribution in [3.63, 3.8) is 0 Å². The fourth-order valence-corrected chi connectivity index (χ4v) is 3.21. The van der Waals surface area contributed by atoms with Crippen LogP contribution in [0.15, 0.2) is 45.9 Å². The van der Waals surface area contributed by atoms with E-state index in [2.05, 4.69) is 15.3 Å². The van der Waals surface area contributed by atoms with Gasteiger partial charge in [0.2, 0.25) is 5.88 Å². The van der Waals surface area contributed by atoms with E-state index in [0.29, 0.717) is 5.82 Å². The second-order valence-electron chi connectivity index (χ2n) is 6.75. The normalized spacial score (nSPS) is 13.8. The van der Waals surface area contributed by atoms with Crippen LogP contribution in [0.1, 0.15) is 39.7 Å². The Morgan fingerprint density at radius 2 is 2.07 bits per heavy atom. The smallest absolute Gasteiger partial charge is 0.212 e. The third-order valence-electron chi connectivity index (χ3n) is 4.60. The molecule has 28 heavy (non-hydrogen) atoms. The molecule has 3 aromatic rings. The molecule has 0 fully saturated rings. The lowest BCUT2D eigenvalue weighted by atomic mass is 10.1. The van der Waals surface area contributed by atoms with Crippen LogP contribution in [0.25, 0.3) is 11.6 Å². The van der Waals surface area contributed by atoms with Crippen molar-refractivity contribution in [1.82, 2.24) is 4.98 Å². The van der Waals surface area contributed by atoms with E-state index in [1.54, 1.807) is 18.5 Å². The Morgan fingerprint density at radius 1 is 1.25 bits per heavy atom. The maximum atomic E-state index is 12.1. The van der Waals surface area contributed by atoms with Gasteiger partial charge >= 0.3 is 0 Å². The molecule has 0 radical (unpaired) electrons. The van der Waals surface area contributed by atoms with E-state index in [1.165, 1.54) is 6.92 Å². The van der Waals surface area contributed by atoms with E-state index in [4.69, 9.17) is 4.42 Å². The van der Waals surface area contributed by atoms with Crippen molar-refractivity contribution in [3.05, 3.63) is 64.5 Å². The molecule has 1 aromatic carbocycles. The van der Waals surface area contributed by atoms with Gasteiger partial charge in [-0.25, -0.2) is 9.98 Å². The molecule has 0 atom stereocenters. The minimum absolute atomic E-state index is 0.119. The standard InChI is InChI=1S/C22H19N3O3/c1-12-6-7-17(13(2)9-12)25-22-19(14(3)26)20(27)18(28-22)10-15-11-24-21-16(15)5-4-8-23-21/h4-11,25,27H,1-3H3. The number of furan rings is 1. The van der Waals surface area contributed by atoms with Gasteiger partial charge in [0.15, 0.2) is 23.1 Å². The summed E-state index contributed by atoms with van der Waals surface area (Å²) < 4.78 is 5.83. The van der Waals surface area contributed by atoms with Gasteiger partial charge in [0.1, 0.15) is 5.56 Å². The van der Waals surface area contributed by atoms with Crippen molar-refractivity contribution in [2.24, 2.45) is 4.99 Å². The largest absolute Gasteiger partial charge is 0.504 e. The molecule has 2 N–H and O–H groups in total.